The molecule has 0 aromatic carbocycles. The first kappa shape index (κ1) is 14.4. The summed E-state index contributed by atoms with van der Waals surface area (Å²) in [6, 6.07) is -0.307. The lowest BCUT2D eigenvalue weighted by Crippen LogP contribution is -2.55. The van der Waals surface area contributed by atoms with Crippen LogP contribution in [-0.4, -0.2) is 50.6 Å². The van der Waals surface area contributed by atoms with Gasteiger partial charge in [0.1, 0.15) is 11.4 Å². The fourth-order valence-corrected chi connectivity index (χ4v) is 2.73. The van der Waals surface area contributed by atoms with Crippen molar-refractivity contribution in [1.29, 1.82) is 0 Å². The Hall–Kier alpha value is -2.05. The molecule has 1 aliphatic heterocycles. The van der Waals surface area contributed by atoms with E-state index in [1.807, 2.05) is 6.92 Å². The zero-order chi connectivity index (χ0) is 14.6. The number of hydrogen-bond acceptors (Lipinski definition) is 3. The molecule has 0 spiro atoms. The van der Waals surface area contributed by atoms with Gasteiger partial charge in [0.05, 0.1) is 0 Å². The quantitative estimate of drug-likeness (QED) is 0.749. The van der Waals surface area contributed by atoms with Crippen LogP contribution in [0.4, 0.5) is 4.79 Å². The molecule has 1 aromatic rings. The number of H-pyrrole nitrogens is 1. The lowest BCUT2D eigenvalue weighted by atomic mass is 9.93. The number of nitrogens with one attached hydrogen (secondary N) is 2. The summed E-state index contributed by atoms with van der Waals surface area (Å²) < 4.78 is 0. The highest BCUT2D eigenvalue weighted by Crippen LogP contribution is 2.32. The molecule has 1 saturated heterocycles. The highest BCUT2D eigenvalue weighted by atomic mass is 16.4. The highest BCUT2D eigenvalue weighted by molar-refractivity contribution is 5.87. The van der Waals surface area contributed by atoms with Crippen LogP contribution in [0, 0.1) is 0 Å². The van der Waals surface area contributed by atoms with Crippen molar-refractivity contribution in [2.75, 3.05) is 13.1 Å². The Labute approximate surface area is 117 Å². The Kier molecular flexibility index (Phi) is 4.26. The van der Waals surface area contributed by atoms with Gasteiger partial charge in [-0.05, 0) is 19.3 Å². The van der Waals surface area contributed by atoms with Crippen LogP contribution in [0.15, 0.2) is 12.4 Å². The number of urea groups is 1. The van der Waals surface area contributed by atoms with E-state index in [2.05, 4.69) is 15.3 Å². The molecule has 1 aromatic heterocycles. The summed E-state index contributed by atoms with van der Waals surface area (Å²) >= 11 is 0. The van der Waals surface area contributed by atoms with E-state index in [0.29, 0.717) is 32.4 Å². The first-order valence-electron chi connectivity index (χ1n) is 6.87. The molecule has 2 amide bonds. The zero-order valence-corrected chi connectivity index (χ0v) is 11.6. The summed E-state index contributed by atoms with van der Waals surface area (Å²) in [6.45, 7) is 2.73. The van der Waals surface area contributed by atoms with E-state index >= 15 is 0 Å². The van der Waals surface area contributed by atoms with Crippen LogP contribution in [0.25, 0.3) is 0 Å². The number of imidazole rings is 1. The second kappa shape index (κ2) is 5.94. The van der Waals surface area contributed by atoms with E-state index in [4.69, 9.17) is 0 Å². The summed E-state index contributed by atoms with van der Waals surface area (Å²) in [6.07, 6.45) is 5.65. The predicted molar refractivity (Wildman–Crippen MR) is 72.3 cm³/mol. The van der Waals surface area contributed by atoms with Gasteiger partial charge in [-0.1, -0.05) is 6.92 Å². The smallest absolute Gasteiger partial charge is 0.329 e. The fraction of sp³-hybridized carbons (Fsp3) is 0.615. The molecule has 0 aliphatic carbocycles. The molecule has 1 fully saturated rings. The third-order valence-electron chi connectivity index (χ3n) is 3.91. The summed E-state index contributed by atoms with van der Waals surface area (Å²) in [5.41, 5.74) is -1.05. The van der Waals surface area contributed by atoms with E-state index in [-0.39, 0.29) is 6.03 Å². The Balaban J connectivity index is 1.92. The number of aromatic nitrogens is 2. The van der Waals surface area contributed by atoms with E-state index in [1.165, 1.54) is 4.90 Å². The van der Waals surface area contributed by atoms with E-state index in [1.54, 1.807) is 12.4 Å². The van der Waals surface area contributed by atoms with Crippen molar-refractivity contribution in [1.82, 2.24) is 20.2 Å². The Morgan fingerprint density at radius 1 is 1.60 bits per heavy atom. The first-order chi connectivity index (χ1) is 9.60. The molecule has 20 heavy (non-hydrogen) atoms. The van der Waals surface area contributed by atoms with Crippen LogP contribution in [0.2, 0.25) is 0 Å². The Morgan fingerprint density at radius 2 is 2.40 bits per heavy atom. The van der Waals surface area contributed by atoms with Crippen LogP contribution < -0.4 is 5.32 Å². The SMILES string of the molecule is CCC1(C(=O)O)CCCN1C(=O)NCCc1ncc[nH]1. The van der Waals surface area contributed by atoms with Crippen LogP contribution in [-0.2, 0) is 11.2 Å². The number of carbonyl (C=O) groups excluding carboxylic acids is 1. The predicted octanol–water partition coefficient (Wildman–Crippen LogP) is 0.991. The molecule has 3 N–H and O–H groups in total. The molecule has 2 heterocycles. The average molecular weight is 280 g/mol. The van der Waals surface area contributed by atoms with Crippen molar-refractivity contribution in [2.45, 2.75) is 38.1 Å². The summed E-state index contributed by atoms with van der Waals surface area (Å²) in [5.74, 6) is -0.120. The minimum Gasteiger partial charge on any atom is -0.479 e. The van der Waals surface area contributed by atoms with Crippen LogP contribution >= 0.6 is 0 Å². The maximum Gasteiger partial charge on any atom is 0.329 e. The number of amides is 2. The van der Waals surface area contributed by atoms with Gasteiger partial charge in [-0.15, -0.1) is 0 Å². The number of carbonyl (C=O) groups is 2. The summed E-state index contributed by atoms with van der Waals surface area (Å²) in [7, 11) is 0. The van der Waals surface area contributed by atoms with Crippen LogP contribution in [0.1, 0.15) is 32.0 Å². The lowest BCUT2D eigenvalue weighted by molar-refractivity contribution is -0.148. The molecule has 7 heteroatoms. The van der Waals surface area contributed by atoms with Gasteiger partial charge in [-0.25, -0.2) is 14.6 Å². The number of aromatic amines is 1. The minimum atomic E-state index is -1.05. The maximum absolute atomic E-state index is 12.2. The molecule has 1 atom stereocenters. The minimum absolute atomic E-state index is 0.307. The number of likely N-dealkylation sites (tertiary alicyclic amines) is 1. The molecule has 2 rings (SSSR count). The second-order valence-electron chi connectivity index (χ2n) is 4.96. The maximum atomic E-state index is 12.2. The van der Waals surface area contributed by atoms with Gasteiger partial charge in [0.2, 0.25) is 0 Å². The summed E-state index contributed by atoms with van der Waals surface area (Å²) in [5, 5.41) is 12.2. The average Bonchev–Trinajstić information content (AvgIpc) is 3.07. The Morgan fingerprint density at radius 3 is 3.00 bits per heavy atom. The van der Waals surface area contributed by atoms with Gasteiger partial charge in [0.25, 0.3) is 0 Å². The van der Waals surface area contributed by atoms with E-state index < -0.39 is 11.5 Å². The number of carboxylic acid groups (broad SMARTS) is 1. The zero-order valence-electron chi connectivity index (χ0n) is 11.6. The highest BCUT2D eigenvalue weighted by Gasteiger charge is 2.48. The lowest BCUT2D eigenvalue weighted by Gasteiger charge is -2.33. The van der Waals surface area contributed by atoms with Gasteiger partial charge in [0.15, 0.2) is 0 Å². The number of rotatable bonds is 5. The Bertz CT molecular complexity index is 474. The number of nitrogens with zero attached hydrogens (tertiary/aromatic N) is 2. The molecular formula is C13H20N4O3. The molecule has 0 bridgehead atoms. The molecule has 7 nitrogen and oxygen atoms in total. The van der Waals surface area contributed by atoms with Crippen molar-refractivity contribution < 1.29 is 14.7 Å². The van der Waals surface area contributed by atoms with Gasteiger partial charge in [-0.2, -0.15) is 0 Å². The fourth-order valence-electron chi connectivity index (χ4n) is 2.73. The molecule has 1 unspecified atom stereocenters. The molecule has 110 valence electrons. The standard InChI is InChI=1S/C13H20N4O3/c1-2-13(11(18)19)5-3-9-17(13)12(20)16-6-4-10-14-7-8-15-10/h7-8H,2-6,9H2,1H3,(H,14,15)(H,16,20)(H,18,19). The van der Waals surface area contributed by atoms with Crippen molar-refractivity contribution in [2.24, 2.45) is 0 Å². The molecule has 0 radical (unpaired) electrons. The van der Waals surface area contributed by atoms with Gasteiger partial charge < -0.3 is 20.3 Å². The van der Waals surface area contributed by atoms with Crippen molar-refractivity contribution in [3.63, 3.8) is 0 Å². The van der Waals surface area contributed by atoms with Gasteiger partial charge in [-0.3, -0.25) is 0 Å². The first-order valence-corrected chi connectivity index (χ1v) is 6.87. The van der Waals surface area contributed by atoms with Gasteiger partial charge >= 0.3 is 12.0 Å². The van der Waals surface area contributed by atoms with Gasteiger partial charge in [0, 0.05) is 31.9 Å². The summed E-state index contributed by atoms with van der Waals surface area (Å²) in [4.78, 5) is 32.1. The normalized spacial score (nSPS) is 21.9. The van der Waals surface area contributed by atoms with Crippen molar-refractivity contribution >= 4 is 12.0 Å². The third-order valence-corrected chi connectivity index (χ3v) is 3.91. The number of hydrogen-bond donors (Lipinski definition) is 3. The molecule has 1 aliphatic rings. The second-order valence-corrected chi connectivity index (χ2v) is 4.96. The monoisotopic (exact) mass is 280 g/mol. The molecule has 0 saturated carbocycles. The molecular weight excluding hydrogens is 260 g/mol. The van der Waals surface area contributed by atoms with E-state index in [9.17, 15) is 14.7 Å². The van der Waals surface area contributed by atoms with Crippen LogP contribution in [0.5, 0.6) is 0 Å². The van der Waals surface area contributed by atoms with Crippen molar-refractivity contribution in [3.05, 3.63) is 18.2 Å². The topological polar surface area (TPSA) is 98.3 Å². The van der Waals surface area contributed by atoms with E-state index in [0.717, 1.165) is 12.2 Å². The van der Waals surface area contributed by atoms with Crippen molar-refractivity contribution in [3.8, 4) is 0 Å². The number of aliphatic carboxylic acids is 1. The van der Waals surface area contributed by atoms with Crippen LogP contribution in [0.3, 0.4) is 0 Å². The largest absolute Gasteiger partial charge is 0.479 e. The third kappa shape index (κ3) is 2.61. The number of carboxylic acids is 1.